The number of nitrogens with one attached hydrogen (secondary N) is 1. The Morgan fingerprint density at radius 2 is 2.06 bits per heavy atom. The van der Waals surface area contributed by atoms with Crippen LogP contribution in [0.2, 0.25) is 0 Å². The minimum Gasteiger partial charge on any atom is -0.271 e. The molecule has 0 aliphatic carbocycles. The highest BCUT2D eigenvalue weighted by Gasteiger charge is 2.15. The fourth-order valence-corrected chi connectivity index (χ4v) is 2.28. The standard InChI is InChI=1S/C11H16F2N2O2S/c1-18(16,17)6-5-9(15-14)7-8-3-2-4-10(12)11(8)13/h2-4,9,15H,5-7,14H2,1H3. The van der Waals surface area contributed by atoms with E-state index in [4.69, 9.17) is 5.84 Å². The molecule has 1 atom stereocenters. The van der Waals surface area contributed by atoms with Crippen molar-refractivity contribution in [3.8, 4) is 0 Å². The van der Waals surface area contributed by atoms with Crippen LogP contribution in [0.5, 0.6) is 0 Å². The summed E-state index contributed by atoms with van der Waals surface area (Å²) in [5.74, 6) is 3.38. The van der Waals surface area contributed by atoms with Gasteiger partial charge in [0.25, 0.3) is 0 Å². The Kier molecular flexibility index (Phi) is 5.18. The molecule has 0 aliphatic rings. The van der Waals surface area contributed by atoms with Crippen molar-refractivity contribution in [1.29, 1.82) is 0 Å². The van der Waals surface area contributed by atoms with Crippen molar-refractivity contribution in [3.63, 3.8) is 0 Å². The molecular formula is C11H16F2N2O2S. The lowest BCUT2D eigenvalue weighted by Crippen LogP contribution is -2.38. The smallest absolute Gasteiger partial charge is 0.162 e. The first-order valence-electron chi connectivity index (χ1n) is 5.40. The van der Waals surface area contributed by atoms with Gasteiger partial charge in [-0.15, -0.1) is 0 Å². The second kappa shape index (κ2) is 6.21. The van der Waals surface area contributed by atoms with E-state index in [0.717, 1.165) is 12.3 Å². The maximum atomic E-state index is 13.4. The van der Waals surface area contributed by atoms with Crippen molar-refractivity contribution in [2.24, 2.45) is 5.84 Å². The highest BCUT2D eigenvalue weighted by molar-refractivity contribution is 7.90. The molecule has 0 saturated carbocycles. The maximum absolute atomic E-state index is 13.4. The van der Waals surface area contributed by atoms with Gasteiger partial charge in [0.05, 0.1) is 5.75 Å². The highest BCUT2D eigenvalue weighted by Crippen LogP contribution is 2.14. The Hall–Kier alpha value is -1.05. The van der Waals surface area contributed by atoms with Crippen molar-refractivity contribution >= 4 is 9.84 Å². The average Bonchev–Trinajstić information content (AvgIpc) is 2.28. The van der Waals surface area contributed by atoms with Crippen LogP contribution >= 0.6 is 0 Å². The third-order valence-electron chi connectivity index (χ3n) is 2.57. The van der Waals surface area contributed by atoms with E-state index in [-0.39, 0.29) is 24.2 Å². The van der Waals surface area contributed by atoms with Crippen LogP contribution < -0.4 is 11.3 Å². The predicted molar refractivity (Wildman–Crippen MR) is 65.5 cm³/mol. The topological polar surface area (TPSA) is 72.2 Å². The van der Waals surface area contributed by atoms with Crippen molar-refractivity contribution in [2.45, 2.75) is 18.9 Å². The fraction of sp³-hybridized carbons (Fsp3) is 0.455. The average molecular weight is 278 g/mol. The van der Waals surface area contributed by atoms with Gasteiger partial charge in [0.1, 0.15) is 9.84 Å². The summed E-state index contributed by atoms with van der Waals surface area (Å²) < 4.78 is 48.4. The highest BCUT2D eigenvalue weighted by atomic mass is 32.2. The number of nitrogens with two attached hydrogens (primary N) is 1. The van der Waals surface area contributed by atoms with Crippen LogP contribution in [0.3, 0.4) is 0 Å². The predicted octanol–water partition coefficient (Wildman–Crippen LogP) is 0.774. The molecule has 1 aromatic carbocycles. The molecule has 7 heteroatoms. The SMILES string of the molecule is CS(=O)(=O)CCC(Cc1cccc(F)c1F)NN. The zero-order valence-electron chi connectivity index (χ0n) is 9.99. The maximum Gasteiger partial charge on any atom is 0.162 e. The van der Waals surface area contributed by atoms with Crippen molar-refractivity contribution < 1.29 is 17.2 Å². The van der Waals surface area contributed by atoms with E-state index in [9.17, 15) is 17.2 Å². The summed E-state index contributed by atoms with van der Waals surface area (Å²) >= 11 is 0. The van der Waals surface area contributed by atoms with Gasteiger partial charge in [-0.1, -0.05) is 12.1 Å². The molecule has 3 N–H and O–H groups in total. The summed E-state index contributed by atoms with van der Waals surface area (Å²) in [6.07, 6.45) is 1.49. The molecule has 1 aromatic rings. The molecule has 0 radical (unpaired) electrons. The Balaban J connectivity index is 2.71. The molecule has 0 aliphatic heterocycles. The van der Waals surface area contributed by atoms with Gasteiger partial charge in [-0.2, -0.15) is 0 Å². The molecule has 0 amide bonds. The van der Waals surface area contributed by atoms with Crippen molar-refractivity contribution in [1.82, 2.24) is 5.43 Å². The number of rotatable bonds is 6. The molecule has 0 spiro atoms. The summed E-state index contributed by atoms with van der Waals surface area (Å²) in [5.41, 5.74) is 2.59. The lowest BCUT2D eigenvalue weighted by Gasteiger charge is -2.15. The molecule has 18 heavy (non-hydrogen) atoms. The first-order valence-corrected chi connectivity index (χ1v) is 7.46. The van der Waals surface area contributed by atoms with E-state index in [1.807, 2.05) is 0 Å². The van der Waals surface area contributed by atoms with Gasteiger partial charge in [0, 0.05) is 12.3 Å². The molecule has 4 nitrogen and oxygen atoms in total. The fourth-order valence-electron chi connectivity index (χ4n) is 1.57. The second-order valence-electron chi connectivity index (χ2n) is 4.20. The molecule has 102 valence electrons. The van der Waals surface area contributed by atoms with Crippen LogP contribution in [-0.2, 0) is 16.3 Å². The number of sulfone groups is 1. The molecule has 1 rings (SSSR count). The molecule has 1 unspecified atom stereocenters. The number of benzene rings is 1. The second-order valence-corrected chi connectivity index (χ2v) is 6.46. The summed E-state index contributed by atoms with van der Waals surface area (Å²) in [7, 11) is -3.10. The van der Waals surface area contributed by atoms with E-state index in [1.54, 1.807) is 0 Å². The molecular weight excluding hydrogens is 262 g/mol. The molecule has 0 heterocycles. The van der Waals surface area contributed by atoms with E-state index < -0.39 is 27.5 Å². The zero-order chi connectivity index (χ0) is 13.8. The summed E-state index contributed by atoms with van der Waals surface area (Å²) in [5, 5.41) is 0. The minimum atomic E-state index is -3.10. The summed E-state index contributed by atoms with van der Waals surface area (Å²) in [6, 6.07) is 3.46. The summed E-state index contributed by atoms with van der Waals surface area (Å²) in [4.78, 5) is 0. The molecule has 0 fully saturated rings. The minimum absolute atomic E-state index is 0.0567. The van der Waals surface area contributed by atoms with Gasteiger partial charge in [0.2, 0.25) is 0 Å². The lowest BCUT2D eigenvalue weighted by atomic mass is 10.0. The van der Waals surface area contributed by atoms with Gasteiger partial charge in [-0.05, 0) is 24.5 Å². The first kappa shape index (κ1) is 15.0. The van der Waals surface area contributed by atoms with Crippen molar-refractivity contribution in [3.05, 3.63) is 35.4 Å². The first-order chi connectivity index (χ1) is 8.33. The molecule has 0 bridgehead atoms. The number of hydrogen-bond acceptors (Lipinski definition) is 4. The van der Waals surface area contributed by atoms with Crippen LogP contribution in [0.4, 0.5) is 8.78 Å². The van der Waals surface area contributed by atoms with E-state index in [0.29, 0.717) is 0 Å². The number of hydrogen-bond donors (Lipinski definition) is 2. The quantitative estimate of drug-likeness (QED) is 0.595. The number of halogens is 2. The molecule has 0 saturated heterocycles. The van der Waals surface area contributed by atoms with Gasteiger partial charge < -0.3 is 0 Å². The van der Waals surface area contributed by atoms with Gasteiger partial charge in [-0.3, -0.25) is 11.3 Å². The monoisotopic (exact) mass is 278 g/mol. The van der Waals surface area contributed by atoms with E-state index in [2.05, 4.69) is 5.43 Å². The normalized spacial score (nSPS) is 13.6. The lowest BCUT2D eigenvalue weighted by molar-refractivity contribution is 0.469. The van der Waals surface area contributed by atoms with Crippen LogP contribution in [0.1, 0.15) is 12.0 Å². The van der Waals surface area contributed by atoms with Crippen LogP contribution in [0.25, 0.3) is 0 Å². The summed E-state index contributed by atoms with van der Waals surface area (Å²) in [6.45, 7) is 0. The van der Waals surface area contributed by atoms with Crippen LogP contribution in [0, 0.1) is 11.6 Å². The largest absolute Gasteiger partial charge is 0.271 e. The third kappa shape index (κ3) is 4.67. The Morgan fingerprint density at radius 3 is 2.61 bits per heavy atom. The van der Waals surface area contributed by atoms with Gasteiger partial charge in [0.15, 0.2) is 11.6 Å². The zero-order valence-corrected chi connectivity index (χ0v) is 10.8. The van der Waals surface area contributed by atoms with Gasteiger partial charge >= 0.3 is 0 Å². The molecule has 0 aromatic heterocycles. The third-order valence-corrected chi connectivity index (χ3v) is 3.55. The Morgan fingerprint density at radius 1 is 1.39 bits per heavy atom. The van der Waals surface area contributed by atoms with Crippen LogP contribution in [0.15, 0.2) is 18.2 Å². The van der Waals surface area contributed by atoms with Crippen LogP contribution in [-0.4, -0.2) is 26.5 Å². The Labute approximate surface area is 105 Å². The Bertz CT molecular complexity index is 506. The van der Waals surface area contributed by atoms with E-state index >= 15 is 0 Å². The van der Waals surface area contributed by atoms with E-state index in [1.165, 1.54) is 12.1 Å². The number of hydrazine groups is 1. The van der Waals surface area contributed by atoms with Gasteiger partial charge in [-0.25, -0.2) is 17.2 Å². The van der Waals surface area contributed by atoms with Crippen molar-refractivity contribution in [2.75, 3.05) is 12.0 Å².